The van der Waals surface area contributed by atoms with E-state index in [9.17, 15) is 0 Å². The molecule has 1 fully saturated rings. The molecule has 2 rings (SSSR count). The average Bonchev–Trinajstić information content (AvgIpc) is 2.40. The van der Waals surface area contributed by atoms with E-state index < -0.39 is 0 Å². The summed E-state index contributed by atoms with van der Waals surface area (Å²) in [5.74, 6) is 1.70. The van der Waals surface area contributed by atoms with Gasteiger partial charge in [-0.15, -0.1) is 0 Å². The van der Waals surface area contributed by atoms with Crippen molar-refractivity contribution >= 4 is 0 Å². The van der Waals surface area contributed by atoms with Crippen molar-refractivity contribution in [1.82, 2.24) is 15.3 Å². The zero-order valence-corrected chi connectivity index (χ0v) is 12.0. The Morgan fingerprint density at radius 3 is 2.68 bits per heavy atom. The van der Waals surface area contributed by atoms with Gasteiger partial charge in [-0.05, 0) is 31.7 Å². The van der Waals surface area contributed by atoms with Crippen LogP contribution in [0, 0.1) is 5.92 Å². The summed E-state index contributed by atoms with van der Waals surface area (Å²) in [6.07, 6.45) is 6.57. The molecule has 0 amide bonds. The number of hydrogen-bond donors (Lipinski definition) is 1. The van der Waals surface area contributed by atoms with Crippen molar-refractivity contribution in [3.63, 3.8) is 0 Å². The molecule has 1 aromatic rings. The quantitative estimate of drug-likeness (QED) is 0.820. The molecule has 19 heavy (non-hydrogen) atoms. The lowest BCUT2D eigenvalue weighted by molar-refractivity contribution is 0.220. The summed E-state index contributed by atoms with van der Waals surface area (Å²) in [5, 5.41) is 3.58. The van der Waals surface area contributed by atoms with Gasteiger partial charge in [-0.25, -0.2) is 4.98 Å². The maximum Gasteiger partial charge on any atom is 0.240 e. The highest BCUT2D eigenvalue weighted by molar-refractivity contribution is 5.26. The third-order valence-corrected chi connectivity index (χ3v) is 3.68. The smallest absolute Gasteiger partial charge is 0.240 e. The molecular weight excluding hydrogens is 242 g/mol. The van der Waals surface area contributed by atoms with Gasteiger partial charge in [0, 0.05) is 0 Å². The third-order valence-electron chi connectivity index (χ3n) is 3.68. The molecule has 5 nitrogen and oxygen atoms in total. The maximum atomic E-state index is 5.37. The Morgan fingerprint density at radius 1 is 1.37 bits per heavy atom. The van der Waals surface area contributed by atoms with E-state index in [1.165, 1.54) is 19.3 Å². The van der Waals surface area contributed by atoms with Crippen LogP contribution in [0.3, 0.4) is 0 Å². The minimum atomic E-state index is 0.238. The first-order chi connectivity index (χ1) is 9.30. The Hall–Kier alpha value is -1.36. The summed E-state index contributed by atoms with van der Waals surface area (Å²) in [7, 11) is 3.21. The molecule has 0 saturated heterocycles. The zero-order chi connectivity index (χ0) is 13.7. The van der Waals surface area contributed by atoms with E-state index in [-0.39, 0.29) is 6.04 Å². The Balaban J connectivity index is 2.23. The highest BCUT2D eigenvalue weighted by Crippen LogP contribution is 2.39. The average molecular weight is 265 g/mol. The van der Waals surface area contributed by atoms with Crippen LogP contribution >= 0.6 is 0 Å². The van der Waals surface area contributed by atoms with Gasteiger partial charge >= 0.3 is 0 Å². The van der Waals surface area contributed by atoms with Crippen LogP contribution in [0.25, 0.3) is 0 Å². The molecule has 1 atom stereocenters. The largest absolute Gasteiger partial charge is 0.480 e. The molecule has 1 heterocycles. The molecule has 0 aliphatic heterocycles. The number of ether oxygens (including phenoxy) is 2. The van der Waals surface area contributed by atoms with Gasteiger partial charge in [-0.1, -0.05) is 13.3 Å². The standard InChI is InChI=1S/C14H23N3O2/c1-4-8-15-12(10-6-5-7-10)13-14(19-3)17-11(18-2)9-16-13/h9-10,12,15H,4-8H2,1-3H3. The van der Waals surface area contributed by atoms with Crippen molar-refractivity contribution < 1.29 is 9.47 Å². The molecule has 1 aromatic heterocycles. The van der Waals surface area contributed by atoms with Crippen molar-refractivity contribution in [2.45, 2.75) is 38.6 Å². The Kier molecular flexibility index (Phi) is 4.96. The predicted octanol–water partition coefficient (Wildman–Crippen LogP) is 2.33. The molecule has 1 aliphatic rings. The fourth-order valence-electron chi connectivity index (χ4n) is 2.39. The van der Waals surface area contributed by atoms with E-state index in [0.29, 0.717) is 17.7 Å². The monoisotopic (exact) mass is 265 g/mol. The minimum Gasteiger partial charge on any atom is -0.480 e. The highest BCUT2D eigenvalue weighted by Gasteiger charge is 2.31. The first-order valence-electron chi connectivity index (χ1n) is 6.98. The molecule has 1 aliphatic carbocycles. The van der Waals surface area contributed by atoms with Crippen LogP contribution in [-0.4, -0.2) is 30.7 Å². The lowest BCUT2D eigenvalue weighted by Crippen LogP contribution is -2.33. The van der Waals surface area contributed by atoms with E-state index >= 15 is 0 Å². The number of aromatic nitrogens is 2. The Labute approximate surface area is 114 Å². The summed E-state index contributed by atoms with van der Waals surface area (Å²) < 4.78 is 10.5. The fraction of sp³-hybridized carbons (Fsp3) is 0.714. The number of methoxy groups -OCH3 is 2. The lowest BCUT2D eigenvalue weighted by atomic mass is 9.78. The van der Waals surface area contributed by atoms with Gasteiger partial charge < -0.3 is 14.8 Å². The van der Waals surface area contributed by atoms with Crippen LogP contribution in [0.4, 0.5) is 0 Å². The number of rotatable bonds is 7. The summed E-state index contributed by atoms with van der Waals surface area (Å²) in [4.78, 5) is 8.83. The molecule has 1 N–H and O–H groups in total. The van der Waals surface area contributed by atoms with Crippen LogP contribution in [0.2, 0.25) is 0 Å². The number of hydrogen-bond acceptors (Lipinski definition) is 5. The topological polar surface area (TPSA) is 56.3 Å². The van der Waals surface area contributed by atoms with Crippen molar-refractivity contribution in [3.05, 3.63) is 11.9 Å². The van der Waals surface area contributed by atoms with E-state index in [4.69, 9.17) is 9.47 Å². The van der Waals surface area contributed by atoms with Crippen molar-refractivity contribution in [2.75, 3.05) is 20.8 Å². The number of nitrogens with one attached hydrogen (secondary N) is 1. The van der Waals surface area contributed by atoms with Crippen LogP contribution in [-0.2, 0) is 0 Å². The molecule has 0 spiro atoms. The van der Waals surface area contributed by atoms with Crippen molar-refractivity contribution in [1.29, 1.82) is 0 Å². The van der Waals surface area contributed by atoms with Crippen LogP contribution in [0.5, 0.6) is 11.8 Å². The lowest BCUT2D eigenvalue weighted by Gasteiger charge is -2.34. The van der Waals surface area contributed by atoms with Crippen molar-refractivity contribution in [3.8, 4) is 11.8 Å². The second-order valence-electron chi connectivity index (χ2n) is 4.93. The molecule has 1 unspecified atom stereocenters. The molecule has 0 radical (unpaired) electrons. The second kappa shape index (κ2) is 6.70. The van der Waals surface area contributed by atoms with Crippen molar-refractivity contribution in [2.24, 2.45) is 5.92 Å². The van der Waals surface area contributed by atoms with Gasteiger partial charge in [-0.3, -0.25) is 0 Å². The van der Waals surface area contributed by atoms with Crippen LogP contribution < -0.4 is 14.8 Å². The third kappa shape index (κ3) is 3.15. The first kappa shape index (κ1) is 14.1. The maximum absolute atomic E-state index is 5.37. The van der Waals surface area contributed by atoms with E-state index in [1.54, 1.807) is 20.4 Å². The van der Waals surface area contributed by atoms with Crippen LogP contribution in [0.15, 0.2) is 6.20 Å². The molecule has 0 aromatic carbocycles. The van der Waals surface area contributed by atoms with Gasteiger partial charge in [0.2, 0.25) is 11.8 Å². The first-order valence-corrected chi connectivity index (χ1v) is 6.98. The minimum absolute atomic E-state index is 0.238. The fourth-order valence-corrected chi connectivity index (χ4v) is 2.39. The summed E-state index contributed by atoms with van der Waals surface area (Å²) in [6.45, 7) is 3.15. The van der Waals surface area contributed by atoms with E-state index in [2.05, 4.69) is 22.2 Å². The Bertz CT molecular complexity index is 408. The van der Waals surface area contributed by atoms with Gasteiger partial charge in [0.15, 0.2) is 0 Å². The molecule has 5 heteroatoms. The van der Waals surface area contributed by atoms with Crippen LogP contribution in [0.1, 0.15) is 44.3 Å². The van der Waals surface area contributed by atoms with Gasteiger partial charge in [0.05, 0.1) is 26.5 Å². The predicted molar refractivity (Wildman–Crippen MR) is 73.5 cm³/mol. The zero-order valence-electron chi connectivity index (χ0n) is 12.0. The molecule has 0 bridgehead atoms. The number of nitrogens with zero attached hydrogens (tertiary/aromatic N) is 2. The second-order valence-corrected chi connectivity index (χ2v) is 4.93. The van der Waals surface area contributed by atoms with Gasteiger partial charge in [0.25, 0.3) is 0 Å². The SMILES string of the molecule is CCCNC(c1ncc(OC)nc1OC)C1CCC1. The Morgan fingerprint density at radius 2 is 2.16 bits per heavy atom. The molecule has 1 saturated carbocycles. The van der Waals surface area contributed by atoms with E-state index in [0.717, 1.165) is 18.7 Å². The highest BCUT2D eigenvalue weighted by atomic mass is 16.5. The van der Waals surface area contributed by atoms with Gasteiger partial charge in [-0.2, -0.15) is 4.98 Å². The summed E-state index contributed by atoms with van der Waals surface area (Å²) in [6, 6.07) is 0.238. The molecular formula is C14H23N3O2. The summed E-state index contributed by atoms with van der Waals surface area (Å²) >= 11 is 0. The molecule has 106 valence electrons. The summed E-state index contributed by atoms with van der Waals surface area (Å²) in [5.41, 5.74) is 0.904. The van der Waals surface area contributed by atoms with E-state index in [1.807, 2.05) is 0 Å². The van der Waals surface area contributed by atoms with Gasteiger partial charge in [0.1, 0.15) is 5.69 Å². The normalized spacial score (nSPS) is 16.8.